The molecule has 1 aliphatic rings. The normalized spacial score (nSPS) is 17.8. The van der Waals surface area contributed by atoms with Crippen molar-refractivity contribution >= 4 is 17.5 Å². The van der Waals surface area contributed by atoms with Gasteiger partial charge >= 0.3 is 6.01 Å². The van der Waals surface area contributed by atoms with E-state index in [0.29, 0.717) is 30.3 Å². The van der Waals surface area contributed by atoms with Gasteiger partial charge in [0.2, 0.25) is 0 Å². The zero-order valence-electron chi connectivity index (χ0n) is 12.6. The minimum atomic E-state index is -0.163. The van der Waals surface area contributed by atoms with Gasteiger partial charge in [-0.05, 0) is 17.7 Å². The van der Waals surface area contributed by atoms with Gasteiger partial charge < -0.3 is 14.4 Å². The predicted octanol–water partition coefficient (Wildman–Crippen LogP) is 2.35. The summed E-state index contributed by atoms with van der Waals surface area (Å²) >= 11 is 5.90. The Labute approximate surface area is 139 Å². The Morgan fingerprint density at radius 2 is 2.00 bits per heavy atom. The quantitative estimate of drug-likeness (QED) is 0.862. The number of ether oxygens (including phenoxy) is 2. The Bertz CT molecular complexity index is 676. The number of carbonyl (C=O) groups is 1. The first-order chi connectivity index (χ1) is 11.2. The number of carbonyl (C=O) groups excluding carboxylic acids is 1. The Kier molecular flexibility index (Phi) is 4.73. The maximum absolute atomic E-state index is 12.6. The van der Waals surface area contributed by atoms with Gasteiger partial charge in [0.1, 0.15) is 6.10 Å². The van der Waals surface area contributed by atoms with Gasteiger partial charge in [-0.25, -0.2) is 9.97 Å². The maximum atomic E-state index is 12.6. The summed E-state index contributed by atoms with van der Waals surface area (Å²) in [6.45, 7) is 1.50. The third-order valence-corrected chi connectivity index (χ3v) is 3.91. The molecule has 1 saturated heterocycles. The van der Waals surface area contributed by atoms with Crippen molar-refractivity contribution in [2.75, 3.05) is 26.8 Å². The van der Waals surface area contributed by atoms with Gasteiger partial charge in [-0.2, -0.15) is 0 Å². The fraction of sp³-hybridized carbons (Fsp3) is 0.312. The number of hydrogen-bond donors (Lipinski definition) is 0. The lowest BCUT2D eigenvalue weighted by molar-refractivity contribution is -0.0228. The summed E-state index contributed by atoms with van der Waals surface area (Å²) in [5, 5.41) is 0.674. The molecule has 120 valence electrons. The van der Waals surface area contributed by atoms with Crippen molar-refractivity contribution in [1.82, 2.24) is 14.9 Å². The van der Waals surface area contributed by atoms with E-state index in [0.717, 1.165) is 5.56 Å². The van der Waals surface area contributed by atoms with Crippen LogP contribution in [0.1, 0.15) is 22.0 Å². The zero-order chi connectivity index (χ0) is 16.2. The van der Waals surface area contributed by atoms with E-state index in [9.17, 15) is 4.79 Å². The van der Waals surface area contributed by atoms with Gasteiger partial charge in [-0.15, -0.1) is 0 Å². The van der Waals surface area contributed by atoms with E-state index in [1.165, 1.54) is 19.5 Å². The van der Waals surface area contributed by atoms with Crippen molar-refractivity contribution in [1.29, 1.82) is 0 Å². The standard InChI is InChI=1S/C16H16ClN3O3/c1-22-16-18-8-12(9-19-16)15(21)20-6-7-23-14(10-20)11-2-4-13(17)5-3-11/h2-5,8-9,14H,6-7,10H2,1H3/t14-/m1/s1. The molecule has 3 rings (SSSR count). The van der Waals surface area contributed by atoms with Crippen LogP contribution in [-0.4, -0.2) is 47.6 Å². The monoisotopic (exact) mass is 333 g/mol. The second-order valence-electron chi connectivity index (χ2n) is 5.12. The fourth-order valence-corrected chi connectivity index (χ4v) is 2.55. The summed E-state index contributed by atoms with van der Waals surface area (Å²) in [5.41, 5.74) is 1.43. The Morgan fingerprint density at radius 1 is 1.30 bits per heavy atom. The first kappa shape index (κ1) is 15.7. The van der Waals surface area contributed by atoms with Crippen molar-refractivity contribution in [2.24, 2.45) is 0 Å². The summed E-state index contributed by atoms with van der Waals surface area (Å²) in [7, 11) is 1.48. The molecule has 0 saturated carbocycles. The smallest absolute Gasteiger partial charge is 0.316 e. The first-order valence-electron chi connectivity index (χ1n) is 7.20. The van der Waals surface area contributed by atoms with Crippen LogP contribution in [0.5, 0.6) is 6.01 Å². The van der Waals surface area contributed by atoms with Gasteiger partial charge in [-0.3, -0.25) is 4.79 Å². The highest BCUT2D eigenvalue weighted by Crippen LogP contribution is 2.24. The molecular weight excluding hydrogens is 318 g/mol. The molecule has 1 aliphatic heterocycles. The summed E-state index contributed by atoms with van der Waals surface area (Å²) in [6, 6.07) is 7.70. The van der Waals surface area contributed by atoms with Crippen molar-refractivity contribution in [3.63, 3.8) is 0 Å². The SMILES string of the molecule is COc1ncc(C(=O)N2CCO[C@@H](c3ccc(Cl)cc3)C2)cn1. The van der Waals surface area contributed by atoms with Gasteiger partial charge in [0, 0.05) is 24.0 Å². The van der Waals surface area contributed by atoms with Crippen molar-refractivity contribution in [2.45, 2.75) is 6.10 Å². The number of nitrogens with zero attached hydrogens (tertiary/aromatic N) is 3. The lowest BCUT2D eigenvalue weighted by atomic mass is 10.1. The number of morpholine rings is 1. The number of benzene rings is 1. The molecule has 23 heavy (non-hydrogen) atoms. The van der Waals surface area contributed by atoms with Crippen LogP contribution < -0.4 is 4.74 Å². The second-order valence-corrected chi connectivity index (χ2v) is 5.56. The maximum Gasteiger partial charge on any atom is 0.316 e. The summed E-state index contributed by atoms with van der Waals surface area (Å²) in [6.07, 6.45) is 2.78. The van der Waals surface area contributed by atoms with Crippen LogP contribution in [0.25, 0.3) is 0 Å². The van der Waals surface area contributed by atoms with E-state index in [4.69, 9.17) is 21.1 Å². The molecule has 0 radical (unpaired) electrons. The molecule has 1 fully saturated rings. The number of aromatic nitrogens is 2. The number of rotatable bonds is 3. The van der Waals surface area contributed by atoms with E-state index in [-0.39, 0.29) is 18.0 Å². The largest absolute Gasteiger partial charge is 0.467 e. The third kappa shape index (κ3) is 3.60. The van der Waals surface area contributed by atoms with Crippen LogP contribution >= 0.6 is 11.6 Å². The van der Waals surface area contributed by atoms with Gasteiger partial charge in [-0.1, -0.05) is 23.7 Å². The Balaban J connectivity index is 1.72. The van der Waals surface area contributed by atoms with E-state index < -0.39 is 0 Å². The molecule has 1 aromatic heterocycles. The van der Waals surface area contributed by atoms with Gasteiger partial charge in [0.15, 0.2) is 0 Å². The van der Waals surface area contributed by atoms with Gasteiger partial charge in [0.25, 0.3) is 5.91 Å². The van der Waals surface area contributed by atoms with E-state index >= 15 is 0 Å². The summed E-state index contributed by atoms with van der Waals surface area (Å²) in [4.78, 5) is 22.2. The topological polar surface area (TPSA) is 64.5 Å². The average Bonchev–Trinajstić information content (AvgIpc) is 2.62. The first-order valence-corrected chi connectivity index (χ1v) is 7.57. The molecule has 2 heterocycles. The zero-order valence-corrected chi connectivity index (χ0v) is 13.4. The molecule has 0 N–H and O–H groups in total. The molecule has 1 amide bonds. The molecule has 0 unspecified atom stereocenters. The molecule has 0 bridgehead atoms. The van der Waals surface area contributed by atoms with Crippen LogP contribution in [0, 0.1) is 0 Å². The molecule has 1 aromatic carbocycles. The minimum Gasteiger partial charge on any atom is -0.467 e. The second kappa shape index (κ2) is 6.93. The number of amides is 1. The Morgan fingerprint density at radius 3 is 2.65 bits per heavy atom. The van der Waals surface area contributed by atoms with Crippen molar-refractivity contribution < 1.29 is 14.3 Å². The van der Waals surface area contributed by atoms with E-state index in [1.807, 2.05) is 24.3 Å². The predicted molar refractivity (Wildman–Crippen MR) is 84.6 cm³/mol. The van der Waals surface area contributed by atoms with E-state index in [2.05, 4.69) is 9.97 Å². The lowest BCUT2D eigenvalue weighted by Gasteiger charge is -2.33. The molecule has 1 atom stereocenters. The van der Waals surface area contributed by atoms with Crippen LogP contribution in [0.15, 0.2) is 36.7 Å². The van der Waals surface area contributed by atoms with Crippen molar-refractivity contribution in [3.8, 4) is 6.01 Å². The molecule has 0 aliphatic carbocycles. The molecule has 2 aromatic rings. The highest BCUT2D eigenvalue weighted by molar-refractivity contribution is 6.30. The van der Waals surface area contributed by atoms with Gasteiger partial charge in [0.05, 0.1) is 25.8 Å². The lowest BCUT2D eigenvalue weighted by Crippen LogP contribution is -2.42. The number of methoxy groups -OCH3 is 1. The van der Waals surface area contributed by atoms with Crippen LogP contribution in [0.2, 0.25) is 5.02 Å². The van der Waals surface area contributed by atoms with E-state index in [1.54, 1.807) is 4.90 Å². The van der Waals surface area contributed by atoms with Crippen molar-refractivity contribution in [3.05, 3.63) is 52.8 Å². The molecular formula is C16H16ClN3O3. The van der Waals surface area contributed by atoms with Crippen LogP contribution in [0.3, 0.4) is 0 Å². The number of halogens is 1. The number of hydrogen-bond acceptors (Lipinski definition) is 5. The molecule has 6 nitrogen and oxygen atoms in total. The third-order valence-electron chi connectivity index (χ3n) is 3.65. The minimum absolute atomic E-state index is 0.116. The van der Waals surface area contributed by atoms with Crippen LogP contribution in [0.4, 0.5) is 0 Å². The highest BCUT2D eigenvalue weighted by Gasteiger charge is 2.26. The molecule has 0 spiro atoms. The summed E-state index contributed by atoms with van der Waals surface area (Å²) < 4.78 is 10.7. The average molecular weight is 334 g/mol. The van der Waals surface area contributed by atoms with Crippen LogP contribution in [-0.2, 0) is 4.74 Å². The highest BCUT2D eigenvalue weighted by atomic mass is 35.5. The summed E-state index contributed by atoms with van der Waals surface area (Å²) in [5.74, 6) is -0.116. The molecule has 7 heteroatoms. The fourth-order valence-electron chi connectivity index (χ4n) is 2.43. The Hall–Kier alpha value is -2.18.